The number of hydroxylamine groups is 1. The summed E-state index contributed by atoms with van der Waals surface area (Å²) >= 11 is 6.06. The van der Waals surface area contributed by atoms with E-state index in [-0.39, 0.29) is 11.4 Å². The fourth-order valence-corrected chi connectivity index (χ4v) is 4.71. The first-order valence-corrected chi connectivity index (χ1v) is 11.3. The summed E-state index contributed by atoms with van der Waals surface area (Å²) in [5.74, 6) is -0.946. The largest absolute Gasteiger partial charge is 0.497 e. The average Bonchev–Trinajstić information content (AvgIpc) is 3.39. The number of nitro benzene ring substituents is 1. The van der Waals surface area contributed by atoms with Gasteiger partial charge in [0.25, 0.3) is 11.6 Å². The molecule has 3 aromatic carbocycles. The average molecular weight is 510 g/mol. The van der Waals surface area contributed by atoms with Crippen molar-refractivity contribution in [1.82, 2.24) is 0 Å². The zero-order valence-corrected chi connectivity index (χ0v) is 19.9. The van der Waals surface area contributed by atoms with Gasteiger partial charge in [-0.15, -0.1) is 0 Å². The highest BCUT2D eigenvalue weighted by Crippen LogP contribution is 2.50. The van der Waals surface area contributed by atoms with Crippen molar-refractivity contribution in [2.24, 2.45) is 5.92 Å². The van der Waals surface area contributed by atoms with Gasteiger partial charge in [0.05, 0.1) is 36.6 Å². The van der Waals surface area contributed by atoms with E-state index in [4.69, 9.17) is 25.9 Å². The van der Waals surface area contributed by atoms with Crippen LogP contribution in [-0.4, -0.2) is 37.1 Å². The van der Waals surface area contributed by atoms with Gasteiger partial charge >= 0.3 is 0 Å². The van der Waals surface area contributed by atoms with Crippen molar-refractivity contribution in [2.45, 2.75) is 12.1 Å². The Balaban J connectivity index is 1.59. The predicted molar refractivity (Wildman–Crippen MR) is 130 cm³/mol. The Hall–Kier alpha value is -4.15. The van der Waals surface area contributed by atoms with Crippen LogP contribution in [0.3, 0.4) is 0 Å². The third-order valence-corrected chi connectivity index (χ3v) is 6.53. The fourth-order valence-electron chi connectivity index (χ4n) is 4.58. The van der Waals surface area contributed by atoms with Gasteiger partial charge in [-0.25, -0.2) is 9.96 Å². The van der Waals surface area contributed by atoms with E-state index in [9.17, 15) is 19.7 Å². The SMILES string of the molecule is COc1ccc([C@@H]2[C@@H]3C(=O)N(c4ccc([N+](=O)[O-])cc4)C(=O)[C@@H]3ON2c2ccc(Cl)cc2)c(OC)c1. The van der Waals surface area contributed by atoms with Crippen molar-refractivity contribution in [1.29, 1.82) is 0 Å². The third kappa shape index (κ3) is 3.80. The second-order valence-electron chi connectivity index (χ2n) is 8.19. The van der Waals surface area contributed by atoms with E-state index in [0.29, 0.717) is 27.8 Å². The van der Waals surface area contributed by atoms with Crippen LogP contribution in [0, 0.1) is 16.0 Å². The van der Waals surface area contributed by atoms with Crippen molar-refractivity contribution in [3.05, 3.63) is 87.4 Å². The van der Waals surface area contributed by atoms with Crippen molar-refractivity contribution in [2.75, 3.05) is 24.2 Å². The second kappa shape index (κ2) is 9.14. The minimum Gasteiger partial charge on any atom is -0.497 e. The molecule has 0 aromatic heterocycles. The first-order valence-electron chi connectivity index (χ1n) is 10.9. The maximum atomic E-state index is 13.7. The number of hydrogen-bond donors (Lipinski definition) is 0. The normalized spacial score (nSPS) is 21.0. The number of fused-ring (bicyclic) bond motifs is 1. The lowest BCUT2D eigenvalue weighted by atomic mass is 9.90. The van der Waals surface area contributed by atoms with Gasteiger partial charge in [0.15, 0.2) is 6.10 Å². The number of imide groups is 1. The lowest BCUT2D eigenvalue weighted by Crippen LogP contribution is -2.37. The summed E-state index contributed by atoms with van der Waals surface area (Å²) in [7, 11) is 3.04. The molecule has 2 amide bonds. The Morgan fingerprint density at radius 2 is 1.58 bits per heavy atom. The minimum absolute atomic E-state index is 0.149. The molecule has 0 N–H and O–H groups in total. The number of hydrogen-bond acceptors (Lipinski definition) is 8. The second-order valence-corrected chi connectivity index (χ2v) is 8.63. The monoisotopic (exact) mass is 509 g/mol. The lowest BCUT2D eigenvalue weighted by Gasteiger charge is -2.29. The highest BCUT2D eigenvalue weighted by Gasteiger charge is 2.60. The van der Waals surface area contributed by atoms with Crippen LogP contribution < -0.4 is 19.4 Å². The molecule has 2 fully saturated rings. The minimum atomic E-state index is -1.11. The van der Waals surface area contributed by atoms with Crippen LogP contribution in [0.5, 0.6) is 11.5 Å². The number of nitro groups is 1. The molecule has 0 spiro atoms. The Kier molecular flexibility index (Phi) is 5.99. The number of benzene rings is 3. The molecule has 2 heterocycles. The van der Waals surface area contributed by atoms with E-state index in [0.717, 1.165) is 4.90 Å². The molecule has 0 bridgehead atoms. The number of rotatable bonds is 6. The first kappa shape index (κ1) is 23.6. The van der Waals surface area contributed by atoms with Crippen LogP contribution in [0.1, 0.15) is 11.6 Å². The Morgan fingerprint density at radius 3 is 2.19 bits per heavy atom. The maximum absolute atomic E-state index is 13.7. The summed E-state index contributed by atoms with van der Waals surface area (Å²) in [5, 5.41) is 13.1. The summed E-state index contributed by atoms with van der Waals surface area (Å²) in [6.45, 7) is 0. The molecule has 10 nitrogen and oxygen atoms in total. The van der Waals surface area contributed by atoms with E-state index in [2.05, 4.69) is 0 Å². The number of anilines is 2. The molecular formula is C25H20ClN3O7. The summed E-state index contributed by atoms with van der Waals surface area (Å²) < 4.78 is 10.9. The van der Waals surface area contributed by atoms with Crippen LogP contribution in [0.25, 0.3) is 0 Å². The number of halogens is 1. The zero-order chi connectivity index (χ0) is 25.6. The van der Waals surface area contributed by atoms with E-state index in [1.807, 2.05) is 0 Å². The van der Waals surface area contributed by atoms with Crippen LogP contribution in [0.15, 0.2) is 66.7 Å². The van der Waals surface area contributed by atoms with Gasteiger partial charge in [0, 0.05) is 28.8 Å². The molecule has 0 radical (unpaired) electrons. The number of carbonyl (C=O) groups excluding carboxylic acids is 2. The van der Waals surface area contributed by atoms with Crippen LogP contribution in [0.4, 0.5) is 17.1 Å². The standard InChI is InChI=1S/C25H20ClN3O7/c1-34-18-11-12-19(20(13-18)35-2)22-21-23(36-28(22)16-5-3-14(26)4-6-16)25(31)27(24(21)30)15-7-9-17(10-8-15)29(32)33/h3-13,21-23H,1-2H3/t21-,22+,23+/m0/s1. The third-order valence-electron chi connectivity index (χ3n) is 6.27. The number of nitrogens with zero attached hydrogens (tertiary/aromatic N) is 3. The fraction of sp³-hybridized carbons (Fsp3) is 0.200. The maximum Gasteiger partial charge on any atom is 0.269 e. The Bertz CT molecular complexity index is 1350. The summed E-state index contributed by atoms with van der Waals surface area (Å²) in [6.07, 6.45) is -1.11. The van der Waals surface area contributed by atoms with Crippen LogP contribution >= 0.6 is 11.6 Å². The van der Waals surface area contributed by atoms with Crippen LogP contribution in [0.2, 0.25) is 5.02 Å². The molecule has 0 aliphatic carbocycles. The number of non-ortho nitro benzene ring substituents is 1. The van der Waals surface area contributed by atoms with Gasteiger partial charge in [0.1, 0.15) is 17.4 Å². The van der Waals surface area contributed by atoms with Gasteiger partial charge in [-0.2, -0.15) is 0 Å². The quantitative estimate of drug-likeness (QED) is 0.274. The highest BCUT2D eigenvalue weighted by molar-refractivity contribution is 6.30. The van der Waals surface area contributed by atoms with Crippen molar-refractivity contribution < 1.29 is 28.8 Å². The summed E-state index contributed by atoms with van der Waals surface area (Å²) in [4.78, 5) is 44.8. The molecule has 2 aliphatic heterocycles. The number of amides is 2. The topological polar surface area (TPSA) is 111 Å². The molecule has 0 saturated carbocycles. The van der Waals surface area contributed by atoms with Crippen LogP contribution in [-0.2, 0) is 14.4 Å². The number of ether oxygens (including phenoxy) is 2. The van der Waals surface area contributed by atoms with E-state index in [1.165, 1.54) is 43.5 Å². The molecule has 184 valence electrons. The molecule has 11 heteroatoms. The van der Waals surface area contributed by atoms with Crippen molar-refractivity contribution in [3.63, 3.8) is 0 Å². The summed E-state index contributed by atoms with van der Waals surface area (Å²) in [5.41, 5.74) is 1.29. The first-order chi connectivity index (χ1) is 17.3. The van der Waals surface area contributed by atoms with Gasteiger partial charge < -0.3 is 9.47 Å². The Morgan fingerprint density at radius 1 is 0.917 bits per heavy atom. The van der Waals surface area contributed by atoms with Gasteiger partial charge in [-0.1, -0.05) is 11.6 Å². The van der Waals surface area contributed by atoms with E-state index < -0.39 is 34.8 Å². The predicted octanol–water partition coefficient (Wildman–Crippen LogP) is 4.32. The van der Waals surface area contributed by atoms with Gasteiger partial charge in [-0.05, 0) is 48.5 Å². The van der Waals surface area contributed by atoms with E-state index in [1.54, 1.807) is 42.5 Å². The lowest BCUT2D eigenvalue weighted by molar-refractivity contribution is -0.384. The van der Waals surface area contributed by atoms with Gasteiger partial charge in [0.2, 0.25) is 5.91 Å². The van der Waals surface area contributed by atoms with Gasteiger partial charge in [-0.3, -0.25) is 24.5 Å². The number of methoxy groups -OCH3 is 2. The molecule has 2 saturated heterocycles. The molecule has 2 aliphatic rings. The molecule has 0 unspecified atom stereocenters. The number of carbonyl (C=O) groups is 2. The summed E-state index contributed by atoms with van der Waals surface area (Å²) in [6, 6.07) is 16.5. The molecule has 3 atom stereocenters. The molecule has 36 heavy (non-hydrogen) atoms. The molecular weight excluding hydrogens is 490 g/mol. The smallest absolute Gasteiger partial charge is 0.269 e. The van der Waals surface area contributed by atoms with E-state index >= 15 is 0 Å². The highest BCUT2D eigenvalue weighted by atomic mass is 35.5. The molecule has 3 aromatic rings. The zero-order valence-electron chi connectivity index (χ0n) is 19.2. The van der Waals surface area contributed by atoms with Crippen molar-refractivity contribution >= 4 is 40.5 Å². The molecule has 5 rings (SSSR count). The van der Waals surface area contributed by atoms with Crippen molar-refractivity contribution in [3.8, 4) is 11.5 Å². The Labute approximate surface area is 210 Å².